The lowest BCUT2D eigenvalue weighted by atomic mass is 10.1. The highest BCUT2D eigenvalue weighted by atomic mass is 35.5. The fourth-order valence-electron chi connectivity index (χ4n) is 2.61. The molecule has 9 heteroatoms. The summed E-state index contributed by atoms with van der Waals surface area (Å²) in [6.07, 6.45) is -0.0614. The van der Waals surface area contributed by atoms with Crippen LogP contribution < -0.4 is 15.4 Å². The minimum absolute atomic E-state index is 0. The van der Waals surface area contributed by atoms with E-state index in [4.69, 9.17) is 26.3 Å². The quantitative estimate of drug-likeness (QED) is 0.806. The van der Waals surface area contributed by atoms with Crippen LogP contribution in [-0.2, 0) is 4.74 Å². The molecule has 0 spiro atoms. The van der Waals surface area contributed by atoms with Crippen LogP contribution in [0.2, 0.25) is 5.02 Å². The van der Waals surface area contributed by atoms with E-state index in [2.05, 4.69) is 15.6 Å². The summed E-state index contributed by atoms with van der Waals surface area (Å²) in [5.41, 5.74) is 1.77. The lowest BCUT2D eigenvalue weighted by Crippen LogP contribution is -2.33. The number of nitrogens with one attached hydrogen (secondary N) is 2. The number of anilines is 1. The van der Waals surface area contributed by atoms with E-state index in [1.807, 2.05) is 12.1 Å². The standard InChI is InChI=1S/C18H17ClN4O3.ClH/c1-25-17-8-12(6-13(9-20)22-17)18(24)23-15-3-2-11(7-14(15)19)16-10-21-4-5-26-16;/h2-3,6-8,16,21H,4-5,10H2,1H3,(H,23,24);1H/t16-;/m1./s1. The number of ether oxygens (including phenoxy) is 2. The summed E-state index contributed by atoms with van der Waals surface area (Å²) in [5, 5.41) is 15.4. The molecule has 2 heterocycles. The molecule has 2 aromatic rings. The van der Waals surface area contributed by atoms with Crippen molar-refractivity contribution < 1.29 is 14.3 Å². The van der Waals surface area contributed by atoms with E-state index in [1.54, 1.807) is 12.1 Å². The zero-order valence-corrected chi connectivity index (χ0v) is 16.1. The Bertz CT molecular complexity index is 864. The maximum atomic E-state index is 12.5. The summed E-state index contributed by atoms with van der Waals surface area (Å²) in [7, 11) is 1.42. The predicted molar refractivity (Wildman–Crippen MR) is 104 cm³/mol. The van der Waals surface area contributed by atoms with E-state index in [1.165, 1.54) is 19.2 Å². The normalized spacial score (nSPS) is 16.0. The lowest BCUT2D eigenvalue weighted by Gasteiger charge is -2.24. The van der Waals surface area contributed by atoms with Crippen molar-refractivity contribution in [3.63, 3.8) is 0 Å². The molecular weight excluding hydrogens is 391 g/mol. The first kappa shape index (κ1) is 20.9. The number of pyridine rings is 1. The number of aromatic nitrogens is 1. The Morgan fingerprint density at radius 1 is 1.44 bits per heavy atom. The van der Waals surface area contributed by atoms with Gasteiger partial charge in [0.05, 0.1) is 30.5 Å². The van der Waals surface area contributed by atoms with Crippen LogP contribution in [0.25, 0.3) is 0 Å². The zero-order chi connectivity index (χ0) is 18.5. The van der Waals surface area contributed by atoms with Gasteiger partial charge in [0.15, 0.2) is 0 Å². The van der Waals surface area contributed by atoms with Crippen LogP contribution in [-0.4, -0.2) is 37.7 Å². The van der Waals surface area contributed by atoms with E-state index in [9.17, 15) is 4.79 Å². The molecule has 1 saturated heterocycles. The molecule has 1 aromatic heterocycles. The van der Waals surface area contributed by atoms with Crippen LogP contribution in [0.5, 0.6) is 5.88 Å². The van der Waals surface area contributed by atoms with Crippen molar-refractivity contribution in [2.45, 2.75) is 6.10 Å². The van der Waals surface area contributed by atoms with Gasteiger partial charge in [0.1, 0.15) is 11.8 Å². The minimum Gasteiger partial charge on any atom is -0.481 e. The summed E-state index contributed by atoms with van der Waals surface area (Å²) in [6.45, 7) is 2.19. The second kappa shape index (κ2) is 9.53. The Balaban J connectivity index is 0.00000261. The molecule has 1 fully saturated rings. The number of hydrogen-bond acceptors (Lipinski definition) is 6. The van der Waals surface area contributed by atoms with Crippen LogP contribution in [0.4, 0.5) is 5.69 Å². The predicted octanol–water partition coefficient (Wildman–Crippen LogP) is 2.95. The molecule has 1 aliphatic heterocycles. The van der Waals surface area contributed by atoms with E-state index < -0.39 is 5.91 Å². The van der Waals surface area contributed by atoms with Crippen molar-refractivity contribution >= 4 is 35.6 Å². The van der Waals surface area contributed by atoms with Crippen molar-refractivity contribution in [2.24, 2.45) is 0 Å². The van der Waals surface area contributed by atoms with Crippen molar-refractivity contribution in [3.05, 3.63) is 52.2 Å². The Labute approximate surface area is 168 Å². The van der Waals surface area contributed by atoms with Crippen molar-refractivity contribution in [1.82, 2.24) is 10.3 Å². The number of nitrogens with zero attached hydrogens (tertiary/aromatic N) is 2. The summed E-state index contributed by atoms with van der Waals surface area (Å²) >= 11 is 6.32. The monoisotopic (exact) mass is 408 g/mol. The van der Waals surface area contributed by atoms with Gasteiger partial charge in [-0.05, 0) is 23.8 Å². The third-order valence-corrected chi connectivity index (χ3v) is 4.24. The maximum absolute atomic E-state index is 12.5. The number of methoxy groups -OCH3 is 1. The average Bonchev–Trinajstić information content (AvgIpc) is 2.69. The third-order valence-electron chi connectivity index (χ3n) is 3.93. The molecule has 0 radical (unpaired) electrons. The molecule has 1 aliphatic rings. The van der Waals surface area contributed by atoms with Gasteiger partial charge in [0.2, 0.25) is 5.88 Å². The Hall–Kier alpha value is -2.37. The molecular formula is C18H18Cl2N4O3. The van der Waals surface area contributed by atoms with Crippen molar-refractivity contribution in [1.29, 1.82) is 5.26 Å². The number of morpholine rings is 1. The lowest BCUT2D eigenvalue weighted by molar-refractivity contribution is 0.0277. The summed E-state index contributed by atoms with van der Waals surface area (Å²) in [6, 6.07) is 10.1. The highest BCUT2D eigenvalue weighted by molar-refractivity contribution is 6.34. The van der Waals surface area contributed by atoms with Crippen LogP contribution in [0.15, 0.2) is 30.3 Å². The molecule has 7 nitrogen and oxygen atoms in total. The van der Waals surface area contributed by atoms with Crippen LogP contribution in [0.1, 0.15) is 27.7 Å². The molecule has 142 valence electrons. The molecule has 1 amide bonds. The first-order valence-corrected chi connectivity index (χ1v) is 8.38. The molecule has 0 saturated carbocycles. The van der Waals surface area contributed by atoms with Crippen LogP contribution in [0.3, 0.4) is 0 Å². The van der Waals surface area contributed by atoms with Crippen molar-refractivity contribution in [3.8, 4) is 11.9 Å². The molecule has 0 unspecified atom stereocenters. The van der Waals surface area contributed by atoms with Gasteiger partial charge in [-0.2, -0.15) is 5.26 Å². The summed E-state index contributed by atoms with van der Waals surface area (Å²) < 4.78 is 10.7. The number of carbonyl (C=O) groups excluding carboxylic acids is 1. The van der Waals surface area contributed by atoms with Gasteiger partial charge in [0.25, 0.3) is 5.91 Å². The second-order valence-corrected chi connectivity index (χ2v) is 6.06. The third kappa shape index (κ3) is 5.08. The van der Waals surface area contributed by atoms with Crippen LogP contribution in [0, 0.1) is 11.3 Å². The fraction of sp³-hybridized carbons (Fsp3) is 0.278. The molecule has 3 rings (SSSR count). The molecule has 0 bridgehead atoms. The first-order chi connectivity index (χ1) is 12.6. The summed E-state index contributed by atoms with van der Waals surface area (Å²) in [5.74, 6) is -0.218. The van der Waals surface area contributed by atoms with E-state index in [0.717, 1.165) is 18.7 Å². The number of nitriles is 1. The Morgan fingerprint density at radius 2 is 2.26 bits per heavy atom. The number of hydrogen-bond donors (Lipinski definition) is 2. The largest absolute Gasteiger partial charge is 0.481 e. The molecule has 2 N–H and O–H groups in total. The minimum atomic E-state index is -0.410. The van der Waals surface area contributed by atoms with Gasteiger partial charge in [-0.3, -0.25) is 4.79 Å². The maximum Gasteiger partial charge on any atom is 0.256 e. The molecule has 1 aromatic carbocycles. The number of halogens is 2. The summed E-state index contributed by atoms with van der Waals surface area (Å²) in [4.78, 5) is 16.4. The fourth-order valence-corrected chi connectivity index (χ4v) is 2.84. The van der Waals surface area contributed by atoms with E-state index in [0.29, 0.717) is 17.3 Å². The van der Waals surface area contributed by atoms with E-state index >= 15 is 0 Å². The zero-order valence-electron chi connectivity index (χ0n) is 14.5. The van der Waals surface area contributed by atoms with Gasteiger partial charge in [-0.25, -0.2) is 4.98 Å². The topological polar surface area (TPSA) is 96.3 Å². The van der Waals surface area contributed by atoms with Gasteiger partial charge < -0.3 is 20.1 Å². The molecule has 0 aliphatic carbocycles. The Morgan fingerprint density at radius 3 is 2.89 bits per heavy atom. The highest BCUT2D eigenvalue weighted by Crippen LogP contribution is 2.28. The molecule has 27 heavy (non-hydrogen) atoms. The van der Waals surface area contributed by atoms with Crippen molar-refractivity contribution in [2.75, 3.05) is 32.1 Å². The van der Waals surface area contributed by atoms with E-state index in [-0.39, 0.29) is 35.6 Å². The second-order valence-electron chi connectivity index (χ2n) is 5.65. The number of carbonyl (C=O) groups is 1. The first-order valence-electron chi connectivity index (χ1n) is 8.00. The SMILES string of the molecule is COc1cc(C(=O)Nc2ccc([C@H]3CNCCO3)cc2Cl)cc(C#N)n1.Cl. The number of amides is 1. The smallest absolute Gasteiger partial charge is 0.256 e. The van der Waals surface area contributed by atoms with Gasteiger partial charge in [0, 0.05) is 24.7 Å². The van der Waals surface area contributed by atoms with Crippen LogP contribution >= 0.6 is 24.0 Å². The Kier molecular flexibility index (Phi) is 7.39. The number of benzene rings is 1. The van der Waals surface area contributed by atoms with Gasteiger partial charge >= 0.3 is 0 Å². The van der Waals surface area contributed by atoms with Gasteiger partial charge in [-0.15, -0.1) is 12.4 Å². The number of rotatable bonds is 4. The molecule has 1 atom stereocenters. The van der Waals surface area contributed by atoms with Gasteiger partial charge in [-0.1, -0.05) is 17.7 Å². The average molecular weight is 409 g/mol. The highest BCUT2D eigenvalue weighted by Gasteiger charge is 2.18.